The first-order chi connectivity index (χ1) is 17.0. The van der Waals surface area contributed by atoms with E-state index in [0.717, 1.165) is 34.7 Å². The van der Waals surface area contributed by atoms with Gasteiger partial charge < -0.3 is 10.2 Å². The van der Waals surface area contributed by atoms with Crippen LogP contribution in [-0.2, 0) is 0 Å². The molecule has 3 atom stereocenters. The van der Waals surface area contributed by atoms with Crippen molar-refractivity contribution in [2.24, 2.45) is 11.8 Å². The van der Waals surface area contributed by atoms with E-state index in [1.807, 2.05) is 17.0 Å². The second kappa shape index (κ2) is 8.78. The summed E-state index contributed by atoms with van der Waals surface area (Å²) in [5, 5.41) is 13.7. The fourth-order valence-electron chi connectivity index (χ4n) is 5.01. The molecule has 2 aliphatic carbocycles. The number of likely N-dealkylation sites (tertiary alicyclic amines) is 1. The number of carbonyl (C=O) groups excluding carboxylic acids is 2. The van der Waals surface area contributed by atoms with Gasteiger partial charge in [-0.25, -0.2) is 4.98 Å². The maximum absolute atomic E-state index is 13.8. The lowest BCUT2D eigenvalue weighted by molar-refractivity contribution is 0.0690. The van der Waals surface area contributed by atoms with Crippen molar-refractivity contribution < 1.29 is 9.59 Å². The summed E-state index contributed by atoms with van der Waals surface area (Å²) in [5.41, 5.74) is 2.50. The first-order valence-corrected chi connectivity index (χ1v) is 13.1. The average molecular weight is 503 g/mol. The van der Waals surface area contributed by atoms with Crippen LogP contribution in [-0.4, -0.2) is 40.8 Å². The Bertz CT molecular complexity index is 1360. The minimum absolute atomic E-state index is 0.0458. The number of aromatic nitrogens is 1. The van der Waals surface area contributed by atoms with Crippen LogP contribution in [0.15, 0.2) is 48.5 Å². The zero-order valence-corrected chi connectivity index (χ0v) is 20.5. The van der Waals surface area contributed by atoms with Crippen molar-refractivity contribution in [3.63, 3.8) is 0 Å². The normalized spacial score (nSPS) is 22.4. The molecule has 2 aromatic carbocycles. The minimum atomic E-state index is -0.188. The van der Waals surface area contributed by atoms with Crippen LogP contribution in [0, 0.1) is 23.2 Å². The maximum Gasteiger partial charge on any atom is 0.274 e. The molecule has 6 rings (SSSR count). The van der Waals surface area contributed by atoms with Crippen LogP contribution >= 0.6 is 22.9 Å². The van der Waals surface area contributed by atoms with Gasteiger partial charge in [0.2, 0.25) is 0 Å². The number of fused-ring (bicyclic) bond motifs is 1. The van der Waals surface area contributed by atoms with Crippen molar-refractivity contribution in [1.29, 1.82) is 5.26 Å². The van der Waals surface area contributed by atoms with Gasteiger partial charge in [-0.05, 0) is 67.0 Å². The highest BCUT2D eigenvalue weighted by Gasteiger charge is 2.54. The Morgan fingerprint density at radius 2 is 2.00 bits per heavy atom. The summed E-state index contributed by atoms with van der Waals surface area (Å²) in [4.78, 5) is 34.1. The molecule has 0 radical (unpaired) electrons. The van der Waals surface area contributed by atoms with Crippen LogP contribution in [0.2, 0.25) is 5.02 Å². The second-order valence-corrected chi connectivity index (χ2v) is 11.1. The van der Waals surface area contributed by atoms with Gasteiger partial charge in [-0.3, -0.25) is 9.59 Å². The molecule has 176 valence electrons. The van der Waals surface area contributed by atoms with Crippen LogP contribution in [0.25, 0.3) is 10.4 Å². The predicted octanol–water partition coefficient (Wildman–Crippen LogP) is 5.10. The molecule has 2 amide bonds. The quantitative estimate of drug-likeness (QED) is 0.508. The van der Waals surface area contributed by atoms with Gasteiger partial charge in [-0.1, -0.05) is 29.8 Å². The maximum atomic E-state index is 13.8. The number of hydrogen-bond acceptors (Lipinski definition) is 5. The number of piperidine rings is 1. The number of nitrogens with zero attached hydrogens (tertiary/aromatic N) is 3. The van der Waals surface area contributed by atoms with E-state index in [4.69, 9.17) is 21.8 Å². The van der Waals surface area contributed by atoms with Crippen molar-refractivity contribution >= 4 is 34.8 Å². The lowest BCUT2D eigenvalue weighted by Crippen LogP contribution is -2.45. The Labute approximate surface area is 212 Å². The van der Waals surface area contributed by atoms with Crippen molar-refractivity contribution in [2.45, 2.75) is 31.2 Å². The molecule has 0 spiro atoms. The fraction of sp³-hybridized carbons (Fsp3) is 0.333. The molecule has 6 nitrogen and oxygen atoms in total. The summed E-state index contributed by atoms with van der Waals surface area (Å²) < 4.78 is 0. The van der Waals surface area contributed by atoms with Gasteiger partial charge in [0.05, 0.1) is 27.6 Å². The molecule has 1 aliphatic heterocycles. The van der Waals surface area contributed by atoms with Crippen LogP contribution < -0.4 is 5.32 Å². The van der Waals surface area contributed by atoms with E-state index >= 15 is 0 Å². The predicted molar refractivity (Wildman–Crippen MR) is 134 cm³/mol. The first-order valence-electron chi connectivity index (χ1n) is 11.9. The largest absolute Gasteiger partial charge is 0.350 e. The van der Waals surface area contributed by atoms with E-state index in [2.05, 4.69) is 11.4 Å². The summed E-state index contributed by atoms with van der Waals surface area (Å²) in [7, 11) is 0. The smallest absolute Gasteiger partial charge is 0.274 e. The molecule has 3 aromatic rings. The number of amides is 2. The number of halogens is 1. The highest BCUT2D eigenvalue weighted by atomic mass is 35.5. The standard InChI is InChI=1S/C27H23ClN4O2S/c28-20-3-1-2-18(10-20)25(33)30-13-22-21-11-19(21)14-32(22)27(34)23-24(35-26(31-23)17-8-9-17)16-6-4-15(12-29)5-7-16/h1-7,10,17,19,21-22H,8-9,11,13-14H2,(H,30,33)/t19-,21-,22+/m0/s1. The van der Waals surface area contributed by atoms with Crippen LogP contribution in [0.4, 0.5) is 0 Å². The third kappa shape index (κ3) is 4.33. The molecular weight excluding hydrogens is 480 g/mol. The molecule has 0 unspecified atom stereocenters. The van der Waals surface area contributed by atoms with Gasteiger partial charge in [0.15, 0.2) is 0 Å². The lowest BCUT2D eigenvalue weighted by atomic mass is 10.1. The molecule has 2 heterocycles. The van der Waals surface area contributed by atoms with Gasteiger partial charge in [0.25, 0.3) is 11.8 Å². The van der Waals surface area contributed by atoms with Crippen LogP contribution in [0.3, 0.4) is 0 Å². The lowest BCUT2D eigenvalue weighted by Gasteiger charge is -2.27. The van der Waals surface area contributed by atoms with Gasteiger partial charge in [0.1, 0.15) is 5.69 Å². The number of nitriles is 1. The van der Waals surface area contributed by atoms with Crippen LogP contribution in [0.5, 0.6) is 0 Å². The number of thiazole rings is 1. The first kappa shape index (κ1) is 22.3. The van der Waals surface area contributed by atoms with Gasteiger partial charge in [0, 0.05) is 29.6 Å². The molecule has 0 bridgehead atoms. The van der Waals surface area contributed by atoms with Gasteiger partial charge in [-0.15, -0.1) is 11.3 Å². The van der Waals surface area contributed by atoms with E-state index in [1.165, 1.54) is 0 Å². The van der Waals surface area contributed by atoms with Crippen molar-refractivity contribution in [1.82, 2.24) is 15.2 Å². The Hall–Kier alpha value is -3.21. The molecule has 3 fully saturated rings. The SMILES string of the molecule is N#Cc1ccc(-c2sc(C3CC3)nc2C(=O)N2C[C@@H]3C[C@@H]3[C@H]2CNC(=O)c2cccc(Cl)c2)cc1. The second-order valence-electron chi connectivity index (χ2n) is 9.60. The number of hydrogen-bond donors (Lipinski definition) is 1. The Balaban J connectivity index is 1.24. The summed E-state index contributed by atoms with van der Waals surface area (Å²) >= 11 is 7.62. The molecule has 8 heteroatoms. The monoisotopic (exact) mass is 502 g/mol. The zero-order valence-electron chi connectivity index (χ0n) is 18.9. The molecule has 3 aliphatic rings. The number of benzene rings is 2. The van der Waals surface area contributed by atoms with E-state index in [1.54, 1.807) is 47.7 Å². The third-order valence-corrected chi connectivity index (χ3v) is 8.67. The molecule has 1 N–H and O–H groups in total. The Morgan fingerprint density at radius 1 is 1.20 bits per heavy atom. The van der Waals surface area contributed by atoms with Gasteiger partial charge in [-0.2, -0.15) is 5.26 Å². The molecular formula is C27H23ClN4O2S. The molecule has 1 saturated heterocycles. The number of rotatable bonds is 6. The molecule has 35 heavy (non-hydrogen) atoms. The van der Waals surface area contributed by atoms with Crippen molar-refractivity contribution in [3.8, 4) is 16.5 Å². The fourth-order valence-corrected chi connectivity index (χ4v) is 6.43. The van der Waals surface area contributed by atoms with Crippen molar-refractivity contribution in [3.05, 3.63) is 75.4 Å². The molecule has 1 aromatic heterocycles. The number of nitrogens with one attached hydrogen (secondary N) is 1. The topological polar surface area (TPSA) is 86.1 Å². The zero-order chi connectivity index (χ0) is 24.1. The summed E-state index contributed by atoms with van der Waals surface area (Å²) in [6, 6.07) is 16.3. The molecule has 2 saturated carbocycles. The third-order valence-electron chi connectivity index (χ3n) is 7.17. The summed E-state index contributed by atoms with van der Waals surface area (Å²) in [5.74, 6) is 1.09. The van der Waals surface area contributed by atoms with Crippen LogP contribution in [0.1, 0.15) is 56.6 Å². The average Bonchev–Trinajstić information content (AvgIpc) is 3.80. The van der Waals surface area contributed by atoms with E-state index in [9.17, 15) is 9.59 Å². The van der Waals surface area contributed by atoms with E-state index < -0.39 is 0 Å². The Morgan fingerprint density at radius 3 is 2.71 bits per heavy atom. The van der Waals surface area contributed by atoms with E-state index in [0.29, 0.717) is 52.7 Å². The van der Waals surface area contributed by atoms with Gasteiger partial charge >= 0.3 is 0 Å². The number of carbonyl (C=O) groups is 2. The van der Waals surface area contributed by atoms with E-state index in [-0.39, 0.29) is 17.9 Å². The summed E-state index contributed by atoms with van der Waals surface area (Å²) in [6.45, 7) is 1.11. The summed E-state index contributed by atoms with van der Waals surface area (Å²) in [6.07, 6.45) is 3.31. The highest BCUT2D eigenvalue weighted by molar-refractivity contribution is 7.15. The minimum Gasteiger partial charge on any atom is -0.350 e. The highest BCUT2D eigenvalue weighted by Crippen LogP contribution is 2.50. The van der Waals surface area contributed by atoms with Crippen molar-refractivity contribution in [2.75, 3.05) is 13.1 Å². The Kier molecular flexibility index (Phi) is 5.58.